The third kappa shape index (κ3) is 2.51. The topological polar surface area (TPSA) is 13.1 Å². The number of fused-ring (bicyclic) bond motifs is 1. The van der Waals surface area contributed by atoms with Gasteiger partial charge in [0.1, 0.15) is 5.58 Å². The van der Waals surface area contributed by atoms with Gasteiger partial charge in [0.15, 0.2) is 5.76 Å². The highest BCUT2D eigenvalue weighted by Gasteiger charge is 2.30. The van der Waals surface area contributed by atoms with E-state index >= 15 is 0 Å². The molecule has 0 aliphatic rings. The Labute approximate surface area is 123 Å². The van der Waals surface area contributed by atoms with Crippen molar-refractivity contribution < 1.29 is 17.6 Å². The number of halogens is 4. The van der Waals surface area contributed by atoms with Crippen LogP contribution in [0, 0.1) is 0 Å². The Morgan fingerprint density at radius 3 is 2.43 bits per heavy atom. The van der Waals surface area contributed by atoms with Crippen LogP contribution in [0.1, 0.15) is 11.9 Å². The first-order valence-electron chi connectivity index (χ1n) is 6.27. The predicted molar refractivity (Wildman–Crippen MR) is 76.5 cm³/mol. The molecule has 1 nitrogen and oxygen atoms in total. The maximum absolute atomic E-state index is 13.9. The van der Waals surface area contributed by atoms with Gasteiger partial charge in [-0.1, -0.05) is 41.9 Å². The second kappa shape index (κ2) is 5.45. The van der Waals surface area contributed by atoms with Gasteiger partial charge in [-0.25, -0.2) is 13.2 Å². The summed E-state index contributed by atoms with van der Waals surface area (Å²) >= 11 is 5.93. The Morgan fingerprint density at radius 1 is 0.952 bits per heavy atom. The Kier molecular flexibility index (Phi) is 3.64. The van der Waals surface area contributed by atoms with Crippen LogP contribution in [0.15, 0.2) is 52.9 Å². The number of para-hydroxylation sites is 1. The number of hydrogen-bond donors (Lipinski definition) is 0. The number of furan rings is 1. The molecule has 3 rings (SSSR count). The zero-order valence-electron chi connectivity index (χ0n) is 10.7. The van der Waals surface area contributed by atoms with Gasteiger partial charge in [0, 0.05) is 16.0 Å². The minimum atomic E-state index is -3.15. The van der Waals surface area contributed by atoms with Crippen LogP contribution in [0.5, 0.6) is 0 Å². The van der Waals surface area contributed by atoms with Gasteiger partial charge in [0.2, 0.25) is 6.17 Å². The molecule has 1 atom stereocenters. The highest BCUT2D eigenvalue weighted by atomic mass is 35.5. The lowest BCUT2D eigenvalue weighted by molar-refractivity contribution is 0.0389. The minimum absolute atomic E-state index is 0.320. The summed E-state index contributed by atoms with van der Waals surface area (Å²) in [7, 11) is 0. The summed E-state index contributed by atoms with van der Waals surface area (Å²) in [5.74, 6) is -0.367. The molecular weight excluding hydrogens is 301 g/mol. The van der Waals surface area contributed by atoms with Crippen molar-refractivity contribution in [3.63, 3.8) is 0 Å². The van der Waals surface area contributed by atoms with Crippen LogP contribution in [-0.2, 0) is 0 Å². The molecule has 0 aliphatic heterocycles. The van der Waals surface area contributed by atoms with E-state index in [0.29, 0.717) is 27.1 Å². The summed E-state index contributed by atoms with van der Waals surface area (Å²) in [5, 5.41) is 1.02. The van der Waals surface area contributed by atoms with E-state index in [1.54, 1.807) is 48.5 Å². The SMILES string of the molecule is FC(F)C(F)c1oc2ccccc2c1-c1cccc(Cl)c1. The van der Waals surface area contributed by atoms with Crippen molar-refractivity contribution in [2.75, 3.05) is 0 Å². The summed E-state index contributed by atoms with van der Waals surface area (Å²) in [6.45, 7) is 0. The third-order valence-corrected chi connectivity index (χ3v) is 3.44. The summed E-state index contributed by atoms with van der Waals surface area (Å²) in [6, 6.07) is 13.4. The molecule has 21 heavy (non-hydrogen) atoms. The van der Waals surface area contributed by atoms with Crippen molar-refractivity contribution in [1.82, 2.24) is 0 Å². The van der Waals surface area contributed by atoms with Crippen molar-refractivity contribution in [3.05, 3.63) is 59.3 Å². The average Bonchev–Trinajstić information content (AvgIpc) is 2.85. The maximum Gasteiger partial charge on any atom is 0.276 e. The largest absolute Gasteiger partial charge is 0.457 e. The van der Waals surface area contributed by atoms with Crippen LogP contribution in [0.3, 0.4) is 0 Å². The lowest BCUT2D eigenvalue weighted by Crippen LogP contribution is -2.03. The normalized spacial score (nSPS) is 13.0. The quantitative estimate of drug-likeness (QED) is 0.575. The Balaban J connectivity index is 2.30. The molecule has 0 saturated carbocycles. The van der Waals surface area contributed by atoms with Crippen LogP contribution in [0.4, 0.5) is 13.2 Å². The van der Waals surface area contributed by atoms with Gasteiger partial charge in [-0.15, -0.1) is 0 Å². The standard InChI is InChI=1S/C16H10ClF3O/c17-10-5-3-4-9(8-10)13-11-6-1-2-7-12(11)21-15(13)14(18)16(19)20/h1-8,14,16H. The number of hydrogen-bond acceptors (Lipinski definition) is 1. The van der Waals surface area contributed by atoms with E-state index in [1.807, 2.05) is 0 Å². The lowest BCUT2D eigenvalue weighted by atomic mass is 10.0. The fraction of sp³-hybridized carbons (Fsp3) is 0.125. The van der Waals surface area contributed by atoms with Crippen molar-refractivity contribution in [1.29, 1.82) is 0 Å². The molecule has 0 bridgehead atoms. The number of alkyl halides is 3. The van der Waals surface area contributed by atoms with Crippen LogP contribution in [0.2, 0.25) is 5.02 Å². The number of benzene rings is 2. The first-order valence-corrected chi connectivity index (χ1v) is 6.65. The van der Waals surface area contributed by atoms with E-state index < -0.39 is 12.6 Å². The summed E-state index contributed by atoms with van der Waals surface area (Å²) in [6.07, 6.45) is -5.63. The molecule has 3 aromatic rings. The fourth-order valence-corrected chi connectivity index (χ4v) is 2.51. The molecule has 0 amide bonds. The molecule has 5 heteroatoms. The van der Waals surface area contributed by atoms with E-state index in [2.05, 4.69) is 0 Å². The van der Waals surface area contributed by atoms with Gasteiger partial charge in [-0.05, 0) is 23.8 Å². The molecular formula is C16H10ClF3O. The lowest BCUT2D eigenvalue weighted by Gasteiger charge is -2.08. The molecule has 0 radical (unpaired) electrons. The molecule has 1 unspecified atom stereocenters. The molecule has 108 valence electrons. The second-order valence-corrected chi connectivity index (χ2v) is 5.02. The van der Waals surface area contributed by atoms with E-state index in [4.69, 9.17) is 16.0 Å². The van der Waals surface area contributed by atoms with E-state index in [-0.39, 0.29) is 5.76 Å². The third-order valence-electron chi connectivity index (χ3n) is 3.21. The molecule has 2 aromatic carbocycles. The monoisotopic (exact) mass is 310 g/mol. The van der Waals surface area contributed by atoms with E-state index in [9.17, 15) is 13.2 Å². The van der Waals surface area contributed by atoms with Gasteiger partial charge < -0.3 is 4.42 Å². The van der Waals surface area contributed by atoms with Crippen molar-refractivity contribution >= 4 is 22.6 Å². The number of rotatable bonds is 3. The zero-order chi connectivity index (χ0) is 15.0. The second-order valence-electron chi connectivity index (χ2n) is 4.58. The highest BCUT2D eigenvalue weighted by molar-refractivity contribution is 6.30. The molecule has 0 fully saturated rings. The van der Waals surface area contributed by atoms with Gasteiger partial charge in [0.05, 0.1) is 0 Å². The van der Waals surface area contributed by atoms with Gasteiger partial charge in [-0.2, -0.15) is 0 Å². The van der Waals surface area contributed by atoms with Crippen LogP contribution < -0.4 is 0 Å². The first kappa shape index (κ1) is 14.0. The zero-order valence-corrected chi connectivity index (χ0v) is 11.4. The van der Waals surface area contributed by atoms with Gasteiger partial charge in [-0.3, -0.25) is 0 Å². The van der Waals surface area contributed by atoms with Crippen LogP contribution in [-0.4, -0.2) is 6.43 Å². The maximum atomic E-state index is 13.9. The molecule has 1 aromatic heterocycles. The van der Waals surface area contributed by atoms with Crippen LogP contribution >= 0.6 is 11.6 Å². The Hall–Kier alpha value is -1.94. The summed E-state index contributed by atoms with van der Waals surface area (Å²) in [5.41, 5.74) is 1.23. The van der Waals surface area contributed by atoms with Crippen LogP contribution in [0.25, 0.3) is 22.1 Å². The molecule has 0 aliphatic carbocycles. The average molecular weight is 311 g/mol. The van der Waals surface area contributed by atoms with Gasteiger partial charge in [0.25, 0.3) is 6.43 Å². The van der Waals surface area contributed by atoms with Crippen molar-refractivity contribution in [3.8, 4) is 11.1 Å². The summed E-state index contributed by atoms with van der Waals surface area (Å²) < 4.78 is 44.7. The predicted octanol–water partition coefficient (Wildman–Crippen LogP) is 6.03. The van der Waals surface area contributed by atoms with E-state index in [0.717, 1.165) is 0 Å². The van der Waals surface area contributed by atoms with Crippen molar-refractivity contribution in [2.24, 2.45) is 0 Å². The summed E-state index contributed by atoms with van der Waals surface area (Å²) in [4.78, 5) is 0. The molecule has 0 spiro atoms. The smallest absolute Gasteiger partial charge is 0.276 e. The molecule has 0 saturated heterocycles. The van der Waals surface area contributed by atoms with Crippen molar-refractivity contribution in [2.45, 2.75) is 12.6 Å². The Morgan fingerprint density at radius 2 is 1.71 bits per heavy atom. The molecule has 1 heterocycles. The first-order chi connectivity index (χ1) is 10.1. The van der Waals surface area contributed by atoms with Gasteiger partial charge >= 0.3 is 0 Å². The molecule has 0 N–H and O–H groups in total. The minimum Gasteiger partial charge on any atom is -0.457 e. The fourth-order valence-electron chi connectivity index (χ4n) is 2.31. The van der Waals surface area contributed by atoms with E-state index in [1.165, 1.54) is 0 Å². The highest BCUT2D eigenvalue weighted by Crippen LogP contribution is 2.41. The Bertz CT molecular complexity index is 782.